The Kier molecular flexibility index (Phi) is 5.13. The number of hydrogen-bond acceptors (Lipinski definition) is 5. The van der Waals surface area contributed by atoms with Gasteiger partial charge in [0.2, 0.25) is 11.8 Å². The molecule has 1 aromatic rings. The van der Waals surface area contributed by atoms with Gasteiger partial charge in [-0.05, 0) is 24.1 Å². The Morgan fingerprint density at radius 2 is 2.00 bits per heavy atom. The van der Waals surface area contributed by atoms with Crippen molar-refractivity contribution < 1.29 is 14.3 Å². The number of hydrazine groups is 1. The van der Waals surface area contributed by atoms with Gasteiger partial charge in [-0.2, -0.15) is 0 Å². The summed E-state index contributed by atoms with van der Waals surface area (Å²) in [4.78, 5) is 16.3. The van der Waals surface area contributed by atoms with Crippen molar-refractivity contribution in [2.45, 2.75) is 25.8 Å². The van der Waals surface area contributed by atoms with Gasteiger partial charge in [0.15, 0.2) is 0 Å². The molecule has 1 aromatic carbocycles. The first-order chi connectivity index (χ1) is 12.0. The predicted octanol–water partition coefficient (Wildman–Crippen LogP) is 2.29. The molecule has 0 spiro atoms. The first-order valence-electron chi connectivity index (χ1n) is 8.68. The van der Waals surface area contributed by atoms with E-state index in [1.54, 1.807) is 18.3 Å². The summed E-state index contributed by atoms with van der Waals surface area (Å²) in [6.45, 7) is 4.36. The smallest absolute Gasteiger partial charge is 0.223 e. The van der Waals surface area contributed by atoms with Gasteiger partial charge in [0.1, 0.15) is 12.5 Å². The van der Waals surface area contributed by atoms with Crippen LogP contribution in [-0.4, -0.2) is 64.2 Å². The third-order valence-electron chi connectivity index (χ3n) is 4.70. The van der Waals surface area contributed by atoms with Crippen LogP contribution in [0.15, 0.2) is 36.3 Å². The average Bonchev–Trinajstić information content (AvgIpc) is 2.93. The van der Waals surface area contributed by atoms with Crippen LogP contribution in [0, 0.1) is 5.82 Å². The molecule has 0 radical (unpaired) electrons. The highest BCUT2D eigenvalue weighted by Gasteiger charge is 2.35. The summed E-state index contributed by atoms with van der Waals surface area (Å²) in [5, 5.41) is 14.0. The first kappa shape index (κ1) is 17.5. The van der Waals surface area contributed by atoms with E-state index in [0.717, 1.165) is 12.0 Å². The summed E-state index contributed by atoms with van der Waals surface area (Å²) in [5.74, 6) is 0.0352. The second kappa shape index (κ2) is 7.31. The van der Waals surface area contributed by atoms with Gasteiger partial charge in [0.25, 0.3) is 0 Å². The third kappa shape index (κ3) is 3.71. The zero-order valence-corrected chi connectivity index (χ0v) is 14.7. The summed E-state index contributed by atoms with van der Waals surface area (Å²) < 4.78 is 13.3. The van der Waals surface area contributed by atoms with Crippen LogP contribution in [0.5, 0.6) is 0 Å². The van der Waals surface area contributed by atoms with Crippen LogP contribution >= 0.6 is 0 Å². The maximum atomic E-state index is 13.3. The summed E-state index contributed by atoms with van der Waals surface area (Å²) in [7, 11) is 1.90. The van der Waals surface area contributed by atoms with Gasteiger partial charge in [0.05, 0.1) is 12.2 Å². The van der Waals surface area contributed by atoms with Crippen molar-refractivity contribution in [2.75, 3.05) is 33.4 Å². The monoisotopic (exact) mass is 348 g/mol. The molecule has 3 rings (SSSR count). The molecule has 2 aliphatic heterocycles. The number of piperazine rings is 1. The quantitative estimate of drug-likeness (QED) is 0.905. The molecule has 0 saturated carbocycles. The number of benzene rings is 1. The minimum atomic E-state index is -0.287. The SMILES string of the molecule is CCCC(=O)N1CCN(N2CN(C)C=C2O)CC1c1ccc(F)cc1. The molecule has 1 unspecified atom stereocenters. The molecule has 7 heteroatoms. The van der Waals surface area contributed by atoms with Gasteiger partial charge in [-0.3, -0.25) is 9.80 Å². The molecule has 0 aromatic heterocycles. The van der Waals surface area contributed by atoms with Crippen molar-refractivity contribution in [1.29, 1.82) is 0 Å². The van der Waals surface area contributed by atoms with Gasteiger partial charge in [0, 0.05) is 33.1 Å². The Bertz CT molecular complexity index is 649. The van der Waals surface area contributed by atoms with E-state index in [4.69, 9.17) is 0 Å². The number of nitrogens with zero attached hydrogens (tertiary/aromatic N) is 4. The molecule has 2 aliphatic rings. The van der Waals surface area contributed by atoms with E-state index in [2.05, 4.69) is 5.01 Å². The Hall–Kier alpha value is -2.28. The maximum absolute atomic E-state index is 13.3. The van der Waals surface area contributed by atoms with Crippen LogP contribution in [0.25, 0.3) is 0 Å². The van der Waals surface area contributed by atoms with Crippen LogP contribution < -0.4 is 0 Å². The Balaban J connectivity index is 1.82. The number of carbonyl (C=O) groups excluding carboxylic acids is 1. The van der Waals surface area contributed by atoms with Crippen molar-refractivity contribution in [3.05, 3.63) is 47.7 Å². The van der Waals surface area contributed by atoms with E-state index in [-0.39, 0.29) is 23.6 Å². The summed E-state index contributed by atoms with van der Waals surface area (Å²) in [6, 6.07) is 6.17. The van der Waals surface area contributed by atoms with Gasteiger partial charge in [-0.15, -0.1) is 0 Å². The van der Waals surface area contributed by atoms with Crippen LogP contribution in [0.2, 0.25) is 0 Å². The lowest BCUT2D eigenvalue weighted by molar-refractivity contribution is -0.143. The summed E-state index contributed by atoms with van der Waals surface area (Å²) in [5.41, 5.74) is 0.909. The standard InChI is InChI=1S/C18H25FN4O2/c1-3-4-17(24)22-10-9-21(23-13-20(2)12-18(23)25)11-16(22)14-5-7-15(19)8-6-14/h5-8,12,16,25H,3-4,9-11,13H2,1-2H3. The minimum absolute atomic E-state index is 0.120. The van der Waals surface area contributed by atoms with Crippen LogP contribution in [0.3, 0.4) is 0 Å². The fraction of sp³-hybridized carbons (Fsp3) is 0.500. The third-order valence-corrected chi connectivity index (χ3v) is 4.70. The lowest BCUT2D eigenvalue weighted by Crippen LogP contribution is -2.55. The molecule has 1 atom stereocenters. The molecular weight excluding hydrogens is 323 g/mol. The Morgan fingerprint density at radius 3 is 2.60 bits per heavy atom. The number of rotatable bonds is 4. The van der Waals surface area contributed by atoms with Crippen molar-refractivity contribution in [1.82, 2.24) is 19.8 Å². The predicted molar refractivity (Wildman–Crippen MR) is 92.5 cm³/mol. The van der Waals surface area contributed by atoms with E-state index in [9.17, 15) is 14.3 Å². The fourth-order valence-corrected chi connectivity index (χ4v) is 3.44. The average molecular weight is 348 g/mol. The number of carbonyl (C=O) groups is 1. The van der Waals surface area contributed by atoms with Gasteiger partial charge < -0.3 is 14.9 Å². The molecular formula is C18H25FN4O2. The van der Waals surface area contributed by atoms with Crippen molar-refractivity contribution >= 4 is 5.91 Å². The van der Waals surface area contributed by atoms with Gasteiger partial charge in [-0.1, -0.05) is 19.1 Å². The number of hydrogen-bond donors (Lipinski definition) is 1. The van der Waals surface area contributed by atoms with Gasteiger partial charge >= 0.3 is 0 Å². The van der Waals surface area contributed by atoms with Crippen LogP contribution in [0.1, 0.15) is 31.4 Å². The Labute approximate surface area is 147 Å². The van der Waals surface area contributed by atoms with E-state index in [1.165, 1.54) is 12.1 Å². The highest BCUT2D eigenvalue weighted by atomic mass is 19.1. The number of amides is 1. The van der Waals surface area contributed by atoms with Crippen molar-refractivity contribution in [2.24, 2.45) is 0 Å². The van der Waals surface area contributed by atoms with Crippen molar-refractivity contribution in [3.8, 4) is 0 Å². The minimum Gasteiger partial charge on any atom is -0.493 e. The molecule has 6 nitrogen and oxygen atoms in total. The largest absolute Gasteiger partial charge is 0.493 e. The topological polar surface area (TPSA) is 50.3 Å². The molecule has 136 valence electrons. The van der Waals surface area contributed by atoms with Crippen molar-refractivity contribution in [3.63, 3.8) is 0 Å². The maximum Gasteiger partial charge on any atom is 0.223 e. The molecule has 0 aliphatic carbocycles. The Morgan fingerprint density at radius 1 is 1.28 bits per heavy atom. The molecule has 1 N–H and O–H groups in total. The summed E-state index contributed by atoms with van der Waals surface area (Å²) >= 11 is 0. The highest BCUT2D eigenvalue weighted by Crippen LogP contribution is 2.29. The van der Waals surface area contributed by atoms with E-state index < -0.39 is 0 Å². The fourth-order valence-electron chi connectivity index (χ4n) is 3.44. The first-order valence-corrected chi connectivity index (χ1v) is 8.68. The van der Waals surface area contributed by atoms with Gasteiger partial charge in [-0.25, -0.2) is 9.40 Å². The number of halogens is 1. The lowest BCUT2D eigenvalue weighted by atomic mass is 10.0. The van der Waals surface area contributed by atoms with E-state index in [0.29, 0.717) is 32.7 Å². The second-order valence-corrected chi connectivity index (χ2v) is 6.60. The number of aliphatic hydroxyl groups excluding tert-OH is 1. The summed E-state index contributed by atoms with van der Waals surface area (Å²) in [6.07, 6.45) is 2.99. The molecule has 25 heavy (non-hydrogen) atoms. The number of aliphatic hydroxyl groups is 1. The molecule has 1 saturated heterocycles. The van der Waals surface area contributed by atoms with E-state index >= 15 is 0 Å². The van der Waals surface area contributed by atoms with Crippen LogP contribution in [0.4, 0.5) is 4.39 Å². The van der Waals surface area contributed by atoms with Crippen LogP contribution in [-0.2, 0) is 4.79 Å². The normalized spacial score (nSPS) is 21.6. The molecule has 0 bridgehead atoms. The second-order valence-electron chi connectivity index (χ2n) is 6.60. The molecule has 1 fully saturated rings. The zero-order valence-electron chi connectivity index (χ0n) is 14.7. The zero-order chi connectivity index (χ0) is 18.0. The molecule has 2 heterocycles. The lowest BCUT2D eigenvalue weighted by Gasteiger charge is -2.45. The van der Waals surface area contributed by atoms with E-state index in [1.807, 2.05) is 28.8 Å². The molecule has 1 amide bonds. The highest BCUT2D eigenvalue weighted by molar-refractivity contribution is 5.76.